The van der Waals surface area contributed by atoms with Crippen molar-refractivity contribution in [1.82, 2.24) is 9.80 Å². The third-order valence-corrected chi connectivity index (χ3v) is 4.97. The molecule has 1 saturated heterocycles. The number of nitrogens with zero attached hydrogens (tertiary/aromatic N) is 2. The summed E-state index contributed by atoms with van der Waals surface area (Å²) in [5, 5.41) is 0. The van der Waals surface area contributed by atoms with Crippen molar-refractivity contribution in [2.24, 2.45) is 0 Å². The largest absolute Gasteiger partial charge is 0.496 e. The summed E-state index contributed by atoms with van der Waals surface area (Å²) in [6.07, 6.45) is 2.29. The van der Waals surface area contributed by atoms with Gasteiger partial charge in [-0.15, -0.1) is 0 Å². The first-order valence-electron chi connectivity index (χ1n) is 8.62. The van der Waals surface area contributed by atoms with E-state index in [9.17, 15) is 9.59 Å². The zero-order chi connectivity index (χ0) is 17.7. The molecular formula is C19H28N2O3. The zero-order valence-electron chi connectivity index (χ0n) is 15.2. The minimum atomic E-state index is -0.00774. The predicted octanol–water partition coefficient (Wildman–Crippen LogP) is 2.38. The number of Topliss-reactive ketones (excluding diaryl/α,β-unsaturated/α-hetero) is 1. The van der Waals surface area contributed by atoms with Crippen LogP contribution in [0.4, 0.5) is 0 Å². The van der Waals surface area contributed by atoms with Crippen LogP contribution in [-0.2, 0) is 11.2 Å². The van der Waals surface area contributed by atoms with E-state index < -0.39 is 0 Å². The predicted molar refractivity (Wildman–Crippen MR) is 94.6 cm³/mol. The Hall–Kier alpha value is -1.88. The van der Waals surface area contributed by atoms with E-state index in [1.807, 2.05) is 11.9 Å². The topological polar surface area (TPSA) is 49.9 Å². The van der Waals surface area contributed by atoms with Crippen LogP contribution >= 0.6 is 0 Å². The van der Waals surface area contributed by atoms with Crippen molar-refractivity contribution in [3.05, 3.63) is 29.3 Å². The Morgan fingerprint density at radius 2 is 1.96 bits per heavy atom. The third-order valence-electron chi connectivity index (χ3n) is 4.97. The van der Waals surface area contributed by atoms with Gasteiger partial charge >= 0.3 is 0 Å². The molecule has 1 aromatic carbocycles. The summed E-state index contributed by atoms with van der Waals surface area (Å²) in [5.74, 6) is 0.721. The van der Waals surface area contributed by atoms with Gasteiger partial charge in [0.2, 0.25) is 5.91 Å². The van der Waals surface area contributed by atoms with Crippen molar-refractivity contribution in [3.8, 4) is 5.75 Å². The molecule has 1 amide bonds. The van der Waals surface area contributed by atoms with Crippen LogP contribution in [0.1, 0.15) is 42.6 Å². The number of benzene rings is 1. The molecule has 0 spiro atoms. The van der Waals surface area contributed by atoms with Gasteiger partial charge < -0.3 is 14.5 Å². The fourth-order valence-electron chi connectivity index (χ4n) is 3.25. The van der Waals surface area contributed by atoms with Crippen LogP contribution in [0.15, 0.2) is 18.2 Å². The first-order chi connectivity index (χ1) is 11.5. The molecule has 0 bridgehead atoms. The first-order valence-corrected chi connectivity index (χ1v) is 8.62. The van der Waals surface area contributed by atoms with Gasteiger partial charge in [0.05, 0.1) is 13.5 Å². The lowest BCUT2D eigenvalue weighted by Gasteiger charge is -2.36. The van der Waals surface area contributed by atoms with Gasteiger partial charge in [-0.25, -0.2) is 0 Å². The molecule has 1 aliphatic heterocycles. The lowest BCUT2D eigenvalue weighted by Crippen LogP contribution is -2.45. The highest BCUT2D eigenvalue weighted by atomic mass is 16.5. The molecule has 0 saturated carbocycles. The highest BCUT2D eigenvalue weighted by Crippen LogP contribution is 2.23. The maximum absolute atomic E-state index is 12.7. The molecule has 0 unspecified atom stereocenters. The van der Waals surface area contributed by atoms with Gasteiger partial charge in [0, 0.05) is 37.3 Å². The number of amides is 1. The Balaban J connectivity index is 2.06. The zero-order valence-corrected chi connectivity index (χ0v) is 15.2. The van der Waals surface area contributed by atoms with Crippen LogP contribution in [0.2, 0.25) is 0 Å². The number of hydrogen-bond donors (Lipinski definition) is 0. The molecule has 0 aromatic heterocycles. The summed E-state index contributed by atoms with van der Waals surface area (Å²) in [6, 6.07) is 5.56. The monoisotopic (exact) mass is 332 g/mol. The van der Waals surface area contributed by atoms with Crippen LogP contribution < -0.4 is 4.74 Å². The minimum Gasteiger partial charge on any atom is -0.496 e. The second-order valence-electron chi connectivity index (χ2n) is 6.43. The number of likely N-dealkylation sites (N-methyl/N-ethyl adjacent to an activating group) is 1. The van der Waals surface area contributed by atoms with Gasteiger partial charge in [0.25, 0.3) is 0 Å². The molecule has 1 aromatic rings. The van der Waals surface area contributed by atoms with E-state index in [4.69, 9.17) is 4.74 Å². The van der Waals surface area contributed by atoms with Gasteiger partial charge in [0.1, 0.15) is 5.75 Å². The summed E-state index contributed by atoms with van der Waals surface area (Å²) in [4.78, 5) is 28.5. The maximum atomic E-state index is 12.7. The summed E-state index contributed by atoms with van der Waals surface area (Å²) < 4.78 is 5.35. The fourth-order valence-corrected chi connectivity index (χ4v) is 3.25. The Labute approximate surface area is 144 Å². The Morgan fingerprint density at radius 3 is 2.50 bits per heavy atom. The minimum absolute atomic E-state index is 0.00774. The van der Waals surface area contributed by atoms with E-state index in [1.165, 1.54) is 6.92 Å². The molecule has 132 valence electrons. The molecule has 5 nitrogen and oxygen atoms in total. The van der Waals surface area contributed by atoms with Gasteiger partial charge in [-0.1, -0.05) is 6.92 Å². The number of methoxy groups -OCH3 is 1. The molecule has 1 aliphatic rings. The standard InChI is InChI=1S/C19H28N2O3/c1-5-21-10-8-17(9-11-21)20(3)19(23)13-16-12-15(14(2)22)6-7-18(16)24-4/h6-7,12,17H,5,8-11,13H2,1-4H3. The second kappa shape index (κ2) is 8.29. The quantitative estimate of drug-likeness (QED) is 0.751. The molecule has 1 heterocycles. The third kappa shape index (κ3) is 4.35. The van der Waals surface area contributed by atoms with Gasteiger partial charge in [0.15, 0.2) is 5.78 Å². The molecule has 1 fully saturated rings. The average molecular weight is 332 g/mol. The van der Waals surface area contributed by atoms with Crippen LogP contribution in [0.3, 0.4) is 0 Å². The average Bonchev–Trinajstić information content (AvgIpc) is 2.60. The van der Waals surface area contributed by atoms with Gasteiger partial charge in [-0.05, 0) is 44.5 Å². The molecule has 24 heavy (non-hydrogen) atoms. The van der Waals surface area contributed by atoms with Crippen molar-refractivity contribution in [3.63, 3.8) is 0 Å². The molecular weight excluding hydrogens is 304 g/mol. The smallest absolute Gasteiger partial charge is 0.227 e. The van der Waals surface area contributed by atoms with Crippen molar-refractivity contribution in [2.75, 3.05) is 33.8 Å². The van der Waals surface area contributed by atoms with Crippen LogP contribution in [0.5, 0.6) is 5.75 Å². The van der Waals surface area contributed by atoms with Gasteiger partial charge in [-0.3, -0.25) is 9.59 Å². The first kappa shape index (κ1) is 18.5. The summed E-state index contributed by atoms with van der Waals surface area (Å²) in [6.45, 7) is 6.85. The highest BCUT2D eigenvalue weighted by molar-refractivity contribution is 5.94. The van der Waals surface area contributed by atoms with Gasteiger partial charge in [-0.2, -0.15) is 0 Å². The lowest BCUT2D eigenvalue weighted by molar-refractivity contribution is -0.132. The van der Waals surface area contributed by atoms with Crippen LogP contribution in [0, 0.1) is 0 Å². The molecule has 0 N–H and O–H groups in total. The number of rotatable bonds is 6. The summed E-state index contributed by atoms with van der Waals surface area (Å²) in [5.41, 5.74) is 1.38. The fraction of sp³-hybridized carbons (Fsp3) is 0.579. The molecule has 0 aliphatic carbocycles. The van der Waals surface area contributed by atoms with E-state index >= 15 is 0 Å². The molecule has 0 radical (unpaired) electrons. The number of piperidine rings is 1. The number of ether oxygens (including phenoxy) is 1. The Bertz CT molecular complexity index is 592. The lowest BCUT2D eigenvalue weighted by atomic mass is 10.0. The van der Waals surface area contributed by atoms with E-state index in [0.29, 0.717) is 17.4 Å². The number of likely N-dealkylation sites (tertiary alicyclic amines) is 1. The van der Waals surface area contributed by atoms with Crippen LogP contribution in [-0.4, -0.2) is 61.3 Å². The van der Waals surface area contributed by atoms with E-state index in [2.05, 4.69) is 11.8 Å². The normalized spacial score (nSPS) is 16.0. The highest BCUT2D eigenvalue weighted by Gasteiger charge is 2.25. The number of ketones is 1. The maximum Gasteiger partial charge on any atom is 0.227 e. The number of carbonyl (C=O) groups is 2. The van der Waals surface area contributed by atoms with Crippen LogP contribution in [0.25, 0.3) is 0 Å². The Morgan fingerprint density at radius 1 is 1.29 bits per heavy atom. The summed E-state index contributed by atoms with van der Waals surface area (Å²) >= 11 is 0. The van der Waals surface area contributed by atoms with Crippen molar-refractivity contribution < 1.29 is 14.3 Å². The number of carbonyl (C=O) groups excluding carboxylic acids is 2. The number of hydrogen-bond acceptors (Lipinski definition) is 4. The SMILES string of the molecule is CCN1CCC(N(C)C(=O)Cc2cc(C(C)=O)ccc2OC)CC1. The van der Waals surface area contributed by atoms with E-state index in [-0.39, 0.29) is 18.1 Å². The summed E-state index contributed by atoms with van der Waals surface area (Å²) in [7, 11) is 3.47. The van der Waals surface area contributed by atoms with E-state index in [0.717, 1.165) is 38.0 Å². The molecule has 0 atom stereocenters. The van der Waals surface area contributed by atoms with E-state index in [1.54, 1.807) is 25.3 Å². The van der Waals surface area contributed by atoms with Crippen molar-refractivity contribution >= 4 is 11.7 Å². The second-order valence-corrected chi connectivity index (χ2v) is 6.43. The van der Waals surface area contributed by atoms with Crippen molar-refractivity contribution in [1.29, 1.82) is 0 Å². The Kier molecular flexibility index (Phi) is 6.37. The molecule has 5 heteroatoms. The molecule has 2 rings (SSSR count). The van der Waals surface area contributed by atoms with Crippen molar-refractivity contribution in [2.45, 2.75) is 39.2 Å².